The molecular weight excluding hydrogens is 494 g/mol. The number of amides is 1. The van der Waals surface area contributed by atoms with Crippen molar-refractivity contribution >= 4 is 27.3 Å². The summed E-state index contributed by atoms with van der Waals surface area (Å²) in [4.78, 5) is 13.1. The minimum atomic E-state index is -4.10. The molecular formula is C27H31N3O6S. The van der Waals surface area contributed by atoms with Gasteiger partial charge in [-0.2, -0.15) is 5.10 Å². The lowest BCUT2D eigenvalue weighted by molar-refractivity contribution is -0.119. The molecule has 0 aliphatic heterocycles. The van der Waals surface area contributed by atoms with Crippen LogP contribution in [0.4, 0.5) is 5.69 Å². The minimum absolute atomic E-state index is 0.0554. The van der Waals surface area contributed by atoms with Crippen LogP contribution >= 0.6 is 0 Å². The van der Waals surface area contributed by atoms with Crippen LogP contribution in [0.15, 0.2) is 76.7 Å². The average Bonchev–Trinajstić information content (AvgIpc) is 2.92. The molecule has 0 radical (unpaired) electrons. The van der Waals surface area contributed by atoms with Gasteiger partial charge in [0.1, 0.15) is 12.3 Å². The number of carbonyl (C=O) groups is 1. The highest BCUT2D eigenvalue weighted by Crippen LogP contribution is 2.32. The van der Waals surface area contributed by atoms with E-state index in [9.17, 15) is 13.2 Å². The summed E-state index contributed by atoms with van der Waals surface area (Å²) in [5.74, 6) is 0.792. The van der Waals surface area contributed by atoms with Crippen LogP contribution in [0.2, 0.25) is 0 Å². The smallest absolute Gasteiger partial charge is 0.264 e. The van der Waals surface area contributed by atoms with Crippen molar-refractivity contribution in [2.45, 2.75) is 25.2 Å². The number of carbonyl (C=O) groups excluding carboxylic acids is 1. The maximum atomic E-state index is 13.6. The van der Waals surface area contributed by atoms with Crippen LogP contribution in [0.25, 0.3) is 0 Å². The van der Waals surface area contributed by atoms with Gasteiger partial charge in [0.25, 0.3) is 15.9 Å². The van der Waals surface area contributed by atoms with E-state index in [1.807, 2.05) is 13.8 Å². The van der Waals surface area contributed by atoms with E-state index in [-0.39, 0.29) is 10.6 Å². The van der Waals surface area contributed by atoms with Gasteiger partial charge in [-0.3, -0.25) is 9.10 Å². The molecule has 0 heterocycles. The van der Waals surface area contributed by atoms with Crippen LogP contribution in [-0.4, -0.2) is 47.9 Å². The number of ether oxygens (including phenoxy) is 3. The third kappa shape index (κ3) is 6.39. The highest BCUT2D eigenvalue weighted by Gasteiger charge is 2.29. The van der Waals surface area contributed by atoms with E-state index >= 15 is 0 Å². The molecule has 0 fully saturated rings. The van der Waals surface area contributed by atoms with Crippen LogP contribution in [0.3, 0.4) is 0 Å². The first-order valence-electron chi connectivity index (χ1n) is 11.5. The van der Waals surface area contributed by atoms with Gasteiger partial charge in [-0.15, -0.1) is 0 Å². The maximum Gasteiger partial charge on any atom is 0.264 e. The lowest BCUT2D eigenvalue weighted by atomic mass is 10.1. The van der Waals surface area contributed by atoms with Crippen LogP contribution in [0.1, 0.15) is 24.5 Å². The molecule has 1 amide bonds. The summed E-state index contributed by atoms with van der Waals surface area (Å²) in [6.07, 6.45) is 0.508. The van der Waals surface area contributed by atoms with Gasteiger partial charge in [-0.1, -0.05) is 36.8 Å². The number of anilines is 1. The molecule has 10 heteroatoms. The summed E-state index contributed by atoms with van der Waals surface area (Å²) < 4.78 is 44.3. The Balaban J connectivity index is 1.93. The summed E-state index contributed by atoms with van der Waals surface area (Å²) in [7, 11) is 0.424. The Morgan fingerprint density at radius 2 is 1.54 bits per heavy atom. The molecule has 196 valence electrons. The molecule has 0 aliphatic rings. The molecule has 0 atom stereocenters. The summed E-state index contributed by atoms with van der Waals surface area (Å²) >= 11 is 0. The quantitative estimate of drug-likeness (QED) is 0.298. The summed E-state index contributed by atoms with van der Waals surface area (Å²) in [5.41, 5.74) is 4.96. The van der Waals surface area contributed by atoms with E-state index in [0.29, 0.717) is 29.4 Å². The predicted molar refractivity (Wildman–Crippen MR) is 143 cm³/mol. The fourth-order valence-electron chi connectivity index (χ4n) is 3.63. The van der Waals surface area contributed by atoms with Crippen molar-refractivity contribution in [2.24, 2.45) is 5.10 Å². The van der Waals surface area contributed by atoms with Crippen LogP contribution in [0.5, 0.6) is 17.2 Å². The Labute approximate surface area is 217 Å². The van der Waals surface area contributed by atoms with Crippen LogP contribution in [0, 0.1) is 6.92 Å². The van der Waals surface area contributed by atoms with Gasteiger partial charge in [0, 0.05) is 5.56 Å². The molecule has 0 unspecified atom stereocenters. The van der Waals surface area contributed by atoms with Gasteiger partial charge < -0.3 is 14.2 Å². The van der Waals surface area contributed by atoms with Gasteiger partial charge in [-0.05, 0) is 55.8 Å². The molecule has 37 heavy (non-hydrogen) atoms. The second kappa shape index (κ2) is 12.3. The number of nitrogens with one attached hydrogen (secondary N) is 1. The predicted octanol–water partition coefficient (Wildman–Crippen LogP) is 4.15. The summed E-state index contributed by atoms with van der Waals surface area (Å²) in [6.45, 7) is 3.25. The van der Waals surface area contributed by atoms with Crippen molar-refractivity contribution in [3.8, 4) is 17.2 Å². The van der Waals surface area contributed by atoms with Crippen molar-refractivity contribution in [2.75, 3.05) is 32.2 Å². The number of hydrogen-bond donors (Lipinski definition) is 1. The van der Waals surface area contributed by atoms with Crippen molar-refractivity contribution in [1.29, 1.82) is 0 Å². The molecule has 9 nitrogen and oxygen atoms in total. The van der Waals surface area contributed by atoms with Crippen molar-refractivity contribution in [3.05, 3.63) is 77.9 Å². The number of rotatable bonds is 11. The molecule has 0 aliphatic carbocycles. The second-order valence-electron chi connectivity index (χ2n) is 8.01. The first kappa shape index (κ1) is 27.5. The zero-order chi connectivity index (χ0) is 27.0. The number of para-hydroxylation sites is 2. The first-order chi connectivity index (χ1) is 17.7. The average molecular weight is 526 g/mol. The molecule has 3 aromatic carbocycles. The fraction of sp³-hybridized carbons (Fsp3) is 0.259. The third-order valence-corrected chi connectivity index (χ3v) is 7.39. The second-order valence-corrected chi connectivity index (χ2v) is 9.88. The fourth-order valence-corrected chi connectivity index (χ4v) is 5.06. The maximum absolute atomic E-state index is 13.6. The number of hydrazone groups is 1. The van der Waals surface area contributed by atoms with Gasteiger partial charge >= 0.3 is 0 Å². The Kier molecular flexibility index (Phi) is 9.13. The molecule has 0 spiro atoms. The van der Waals surface area contributed by atoms with Crippen molar-refractivity contribution < 1.29 is 27.4 Å². The van der Waals surface area contributed by atoms with E-state index < -0.39 is 22.5 Å². The van der Waals surface area contributed by atoms with E-state index in [0.717, 1.165) is 15.4 Å². The minimum Gasteiger partial charge on any atom is -0.495 e. The number of methoxy groups -OCH3 is 3. The Morgan fingerprint density at radius 3 is 2.16 bits per heavy atom. The van der Waals surface area contributed by atoms with Gasteiger partial charge in [0.15, 0.2) is 11.5 Å². The van der Waals surface area contributed by atoms with Gasteiger partial charge in [0.05, 0.1) is 37.6 Å². The lowest BCUT2D eigenvalue weighted by Crippen LogP contribution is -2.40. The van der Waals surface area contributed by atoms with E-state index in [1.54, 1.807) is 61.7 Å². The largest absolute Gasteiger partial charge is 0.495 e. The molecule has 3 rings (SSSR count). The van der Waals surface area contributed by atoms with Crippen molar-refractivity contribution in [3.63, 3.8) is 0 Å². The highest BCUT2D eigenvalue weighted by molar-refractivity contribution is 7.92. The Hall–Kier alpha value is -4.05. The molecule has 3 aromatic rings. The topological polar surface area (TPSA) is 107 Å². The van der Waals surface area contributed by atoms with E-state index in [1.165, 1.54) is 26.4 Å². The molecule has 0 saturated heterocycles. The Bertz CT molecular complexity index is 1370. The number of nitrogens with zero attached hydrogens (tertiary/aromatic N) is 2. The number of hydrogen-bond acceptors (Lipinski definition) is 7. The van der Waals surface area contributed by atoms with E-state index in [2.05, 4.69) is 10.5 Å². The van der Waals surface area contributed by atoms with Crippen molar-refractivity contribution in [1.82, 2.24) is 5.43 Å². The number of sulfonamides is 1. The normalized spacial score (nSPS) is 11.5. The third-order valence-electron chi connectivity index (χ3n) is 5.62. The lowest BCUT2D eigenvalue weighted by Gasteiger charge is -2.25. The first-order valence-corrected chi connectivity index (χ1v) is 13.0. The molecule has 0 bridgehead atoms. The van der Waals surface area contributed by atoms with Gasteiger partial charge in [0.2, 0.25) is 0 Å². The number of aryl methyl sites for hydroxylation is 1. The zero-order valence-electron chi connectivity index (χ0n) is 21.5. The van der Waals surface area contributed by atoms with Crippen LogP contribution in [-0.2, 0) is 14.8 Å². The zero-order valence-corrected chi connectivity index (χ0v) is 22.3. The Morgan fingerprint density at radius 1 is 0.892 bits per heavy atom. The highest BCUT2D eigenvalue weighted by atomic mass is 32.2. The molecule has 0 aromatic heterocycles. The molecule has 0 saturated carbocycles. The summed E-state index contributed by atoms with van der Waals surface area (Å²) in [5, 5.41) is 4.27. The van der Waals surface area contributed by atoms with Crippen LogP contribution < -0.4 is 23.9 Å². The summed E-state index contributed by atoms with van der Waals surface area (Å²) in [6, 6.07) is 18.4. The standard InChI is InChI=1S/C27H31N3O6S/c1-6-22(20-13-16-25(35-4)26(17-20)36-5)28-29-27(31)18-30(23-9-7-8-10-24(23)34-3)37(32,33)21-14-11-19(2)12-15-21/h7-17H,6,18H2,1-5H3,(H,29,31)/b28-22-. The SMILES string of the molecule is CC/C(=N/NC(=O)CN(c1ccccc1OC)S(=O)(=O)c1ccc(C)cc1)c1ccc(OC)c(OC)c1. The monoisotopic (exact) mass is 525 g/mol. The van der Waals surface area contributed by atoms with E-state index in [4.69, 9.17) is 14.2 Å². The number of benzene rings is 3. The van der Waals surface area contributed by atoms with Gasteiger partial charge in [-0.25, -0.2) is 13.8 Å². The molecule has 1 N–H and O–H groups in total.